The monoisotopic (exact) mass is 458 g/mol. The van der Waals surface area contributed by atoms with Gasteiger partial charge in [-0.2, -0.15) is 13.2 Å². The standard InChI is InChI=1S/C19H11Cl2F3N2O2S/c20-12-4-1-10(2-5-12)15-7-8-16(28-15)17(27)26-18(29)25-14-6-3-11(9-13(14)21)19(22,23)24/h1-9H,(H2,25,26,27,29). The number of thiocarbonyl (C=S) groups is 1. The molecular formula is C19H11Cl2F3N2O2S. The molecule has 0 aliphatic heterocycles. The number of nitrogens with one attached hydrogen (secondary N) is 2. The Kier molecular flexibility index (Phi) is 6.16. The number of carbonyl (C=O) groups excluding carboxylic acids is 1. The fourth-order valence-electron chi connectivity index (χ4n) is 2.34. The normalized spacial score (nSPS) is 11.2. The van der Waals surface area contributed by atoms with Crippen LogP contribution in [0.5, 0.6) is 0 Å². The number of halogens is 5. The van der Waals surface area contributed by atoms with Crippen LogP contribution in [-0.2, 0) is 6.18 Å². The minimum absolute atomic E-state index is 0.00221. The van der Waals surface area contributed by atoms with E-state index in [1.165, 1.54) is 6.07 Å². The number of carbonyl (C=O) groups is 1. The molecule has 0 saturated carbocycles. The second-order valence-corrected chi connectivity index (χ2v) is 7.02. The van der Waals surface area contributed by atoms with Gasteiger partial charge in [0.2, 0.25) is 0 Å². The maximum absolute atomic E-state index is 12.7. The molecule has 1 aromatic heterocycles. The number of alkyl halides is 3. The Labute approximate surface area is 178 Å². The molecule has 0 spiro atoms. The molecule has 1 amide bonds. The summed E-state index contributed by atoms with van der Waals surface area (Å²) in [4.78, 5) is 12.3. The van der Waals surface area contributed by atoms with Crippen molar-refractivity contribution in [1.82, 2.24) is 5.32 Å². The second-order valence-electron chi connectivity index (χ2n) is 5.77. The summed E-state index contributed by atoms with van der Waals surface area (Å²) in [6.07, 6.45) is -4.52. The van der Waals surface area contributed by atoms with Crippen LogP contribution in [0.2, 0.25) is 10.0 Å². The first kappa shape index (κ1) is 21.2. The lowest BCUT2D eigenvalue weighted by atomic mass is 10.2. The van der Waals surface area contributed by atoms with Crippen molar-refractivity contribution in [2.75, 3.05) is 5.32 Å². The van der Waals surface area contributed by atoms with Gasteiger partial charge in [0.15, 0.2) is 10.9 Å². The first-order valence-electron chi connectivity index (χ1n) is 7.98. The van der Waals surface area contributed by atoms with Gasteiger partial charge in [-0.15, -0.1) is 0 Å². The van der Waals surface area contributed by atoms with Crippen LogP contribution < -0.4 is 10.6 Å². The lowest BCUT2D eigenvalue weighted by Gasteiger charge is -2.12. The van der Waals surface area contributed by atoms with Gasteiger partial charge in [0.25, 0.3) is 5.91 Å². The number of hydrogen-bond acceptors (Lipinski definition) is 3. The van der Waals surface area contributed by atoms with Gasteiger partial charge >= 0.3 is 6.18 Å². The molecule has 2 aromatic carbocycles. The fourth-order valence-corrected chi connectivity index (χ4v) is 2.90. The highest BCUT2D eigenvalue weighted by atomic mass is 35.5. The number of rotatable bonds is 3. The molecule has 0 aliphatic carbocycles. The number of amides is 1. The highest BCUT2D eigenvalue weighted by Gasteiger charge is 2.31. The molecule has 10 heteroatoms. The lowest BCUT2D eigenvalue weighted by molar-refractivity contribution is -0.137. The minimum Gasteiger partial charge on any atom is -0.451 e. The molecule has 150 valence electrons. The van der Waals surface area contributed by atoms with E-state index < -0.39 is 17.6 Å². The zero-order valence-corrected chi connectivity index (χ0v) is 16.6. The van der Waals surface area contributed by atoms with Crippen LogP contribution in [0.4, 0.5) is 18.9 Å². The lowest BCUT2D eigenvalue weighted by Crippen LogP contribution is -2.34. The van der Waals surface area contributed by atoms with Crippen LogP contribution in [0.1, 0.15) is 16.1 Å². The summed E-state index contributed by atoms with van der Waals surface area (Å²) in [5, 5.41) is 5.17. The molecule has 0 radical (unpaired) electrons. The first-order chi connectivity index (χ1) is 13.6. The minimum atomic E-state index is -4.52. The molecule has 0 atom stereocenters. The first-order valence-corrected chi connectivity index (χ1v) is 9.15. The number of anilines is 1. The van der Waals surface area contributed by atoms with Crippen LogP contribution >= 0.6 is 35.4 Å². The summed E-state index contributed by atoms with van der Waals surface area (Å²) in [5.74, 6) is -0.181. The quantitative estimate of drug-likeness (QED) is 0.445. The van der Waals surface area contributed by atoms with E-state index in [1.54, 1.807) is 30.3 Å². The summed E-state index contributed by atoms with van der Waals surface area (Å²) in [6, 6.07) is 12.7. The van der Waals surface area contributed by atoms with Gasteiger partial charge < -0.3 is 9.73 Å². The van der Waals surface area contributed by atoms with E-state index in [9.17, 15) is 18.0 Å². The Balaban J connectivity index is 1.65. The molecule has 2 N–H and O–H groups in total. The SMILES string of the molecule is O=C(NC(=S)Nc1ccc(C(F)(F)F)cc1Cl)c1ccc(-c2ccc(Cl)cc2)o1. The van der Waals surface area contributed by atoms with Crippen LogP contribution in [-0.4, -0.2) is 11.0 Å². The molecule has 0 saturated heterocycles. The number of benzene rings is 2. The third-order valence-corrected chi connectivity index (χ3v) is 4.50. The van der Waals surface area contributed by atoms with Crippen molar-refractivity contribution in [3.63, 3.8) is 0 Å². The van der Waals surface area contributed by atoms with E-state index in [1.807, 2.05) is 0 Å². The summed E-state index contributed by atoms with van der Waals surface area (Å²) >= 11 is 16.7. The number of hydrogen-bond donors (Lipinski definition) is 2. The molecule has 1 heterocycles. The van der Waals surface area contributed by atoms with Crippen molar-refractivity contribution >= 4 is 52.1 Å². The third-order valence-electron chi connectivity index (χ3n) is 3.73. The Bertz CT molecular complexity index is 1070. The third kappa shape index (κ3) is 5.29. The molecule has 0 unspecified atom stereocenters. The average Bonchev–Trinajstić information content (AvgIpc) is 3.13. The second kappa shape index (κ2) is 8.44. The van der Waals surface area contributed by atoms with Crippen LogP contribution in [0.15, 0.2) is 59.0 Å². The summed E-state index contributed by atoms with van der Waals surface area (Å²) < 4.78 is 43.6. The van der Waals surface area contributed by atoms with Crippen molar-refractivity contribution in [2.24, 2.45) is 0 Å². The fraction of sp³-hybridized carbons (Fsp3) is 0.0526. The smallest absolute Gasteiger partial charge is 0.416 e. The topological polar surface area (TPSA) is 54.3 Å². The molecular weight excluding hydrogens is 448 g/mol. The summed E-state index contributed by atoms with van der Waals surface area (Å²) in [5.41, 5.74) is -0.0507. The van der Waals surface area contributed by atoms with Gasteiger partial charge in [-0.1, -0.05) is 23.2 Å². The van der Waals surface area contributed by atoms with Gasteiger partial charge in [-0.3, -0.25) is 10.1 Å². The van der Waals surface area contributed by atoms with Gasteiger partial charge in [0, 0.05) is 10.6 Å². The van der Waals surface area contributed by atoms with Crippen molar-refractivity contribution in [2.45, 2.75) is 6.18 Å². The highest BCUT2D eigenvalue weighted by molar-refractivity contribution is 7.80. The van der Waals surface area contributed by atoms with Gasteiger partial charge in [0.05, 0.1) is 16.3 Å². The molecule has 29 heavy (non-hydrogen) atoms. The van der Waals surface area contributed by atoms with E-state index >= 15 is 0 Å². The van der Waals surface area contributed by atoms with Crippen molar-refractivity contribution < 1.29 is 22.4 Å². The average molecular weight is 459 g/mol. The highest BCUT2D eigenvalue weighted by Crippen LogP contribution is 2.33. The molecule has 4 nitrogen and oxygen atoms in total. The van der Waals surface area contributed by atoms with Crippen molar-refractivity contribution in [3.8, 4) is 11.3 Å². The van der Waals surface area contributed by atoms with E-state index in [0.717, 1.165) is 23.8 Å². The zero-order chi connectivity index (χ0) is 21.2. The Hall–Kier alpha value is -2.55. The predicted molar refractivity (Wildman–Crippen MR) is 109 cm³/mol. The molecule has 3 rings (SSSR count). The number of furan rings is 1. The van der Waals surface area contributed by atoms with Crippen LogP contribution in [0.25, 0.3) is 11.3 Å². The molecule has 3 aromatic rings. The van der Waals surface area contributed by atoms with Gasteiger partial charge in [-0.25, -0.2) is 0 Å². The largest absolute Gasteiger partial charge is 0.451 e. The zero-order valence-electron chi connectivity index (χ0n) is 14.3. The molecule has 0 aliphatic rings. The van der Waals surface area contributed by atoms with Gasteiger partial charge in [0.1, 0.15) is 5.76 Å². The summed E-state index contributed by atoms with van der Waals surface area (Å²) in [6.45, 7) is 0. The predicted octanol–water partition coefficient (Wildman–Crippen LogP) is 6.40. The van der Waals surface area contributed by atoms with Crippen LogP contribution in [0, 0.1) is 0 Å². The van der Waals surface area contributed by atoms with E-state index in [2.05, 4.69) is 10.6 Å². The van der Waals surface area contributed by atoms with Gasteiger partial charge in [-0.05, 0) is 66.8 Å². The molecule has 0 fully saturated rings. The maximum Gasteiger partial charge on any atom is 0.416 e. The summed E-state index contributed by atoms with van der Waals surface area (Å²) in [7, 11) is 0. The molecule has 0 bridgehead atoms. The Morgan fingerprint density at radius 1 is 1.00 bits per heavy atom. The van der Waals surface area contributed by atoms with Crippen molar-refractivity contribution in [3.05, 3.63) is 76.0 Å². The van der Waals surface area contributed by atoms with E-state index in [0.29, 0.717) is 10.8 Å². The Morgan fingerprint density at radius 2 is 1.69 bits per heavy atom. The maximum atomic E-state index is 12.7. The van der Waals surface area contributed by atoms with Crippen molar-refractivity contribution in [1.29, 1.82) is 0 Å². The van der Waals surface area contributed by atoms with Crippen LogP contribution in [0.3, 0.4) is 0 Å². The Morgan fingerprint density at radius 3 is 2.31 bits per heavy atom. The van der Waals surface area contributed by atoms with E-state index in [-0.39, 0.29) is 21.6 Å². The van der Waals surface area contributed by atoms with E-state index in [4.69, 9.17) is 39.8 Å².